The number of nitrogens with two attached hydrogens (primary N) is 1. The lowest BCUT2D eigenvalue weighted by Crippen LogP contribution is -2.15. The van der Waals surface area contributed by atoms with E-state index >= 15 is 0 Å². The van der Waals surface area contributed by atoms with Crippen molar-refractivity contribution in [2.24, 2.45) is 5.73 Å². The van der Waals surface area contributed by atoms with Gasteiger partial charge in [-0.05, 0) is 31.4 Å². The number of fused-ring (bicyclic) bond motifs is 1. The van der Waals surface area contributed by atoms with Crippen molar-refractivity contribution >= 4 is 22.9 Å². The lowest BCUT2D eigenvalue weighted by molar-refractivity contribution is 0.573. The molecule has 0 saturated carbocycles. The zero-order valence-corrected chi connectivity index (χ0v) is 10.8. The predicted octanol–water partition coefficient (Wildman–Crippen LogP) is 3.19. The molecule has 1 aliphatic carbocycles. The Bertz CT molecular complexity index is 535. The van der Waals surface area contributed by atoms with Crippen LogP contribution in [-0.4, -0.2) is 9.97 Å². The van der Waals surface area contributed by atoms with Crippen LogP contribution in [0.25, 0.3) is 10.7 Å². The summed E-state index contributed by atoms with van der Waals surface area (Å²) in [6, 6.07) is 3.89. The first kappa shape index (κ1) is 11.1. The van der Waals surface area contributed by atoms with Gasteiger partial charge in [-0.3, -0.25) is 4.98 Å². The van der Waals surface area contributed by atoms with Gasteiger partial charge in [-0.1, -0.05) is 11.6 Å². The predicted molar refractivity (Wildman–Crippen MR) is 70.2 cm³/mol. The number of halogens is 1. The molecule has 1 aliphatic rings. The monoisotopic (exact) mass is 265 g/mol. The molecule has 2 aromatic rings. The minimum Gasteiger partial charge on any atom is -0.323 e. The Kier molecular flexibility index (Phi) is 2.86. The van der Waals surface area contributed by atoms with Crippen LogP contribution in [-0.2, 0) is 6.42 Å². The van der Waals surface area contributed by atoms with Crippen LogP contribution in [0, 0.1) is 0 Å². The molecule has 0 fully saturated rings. The molecule has 0 bridgehead atoms. The van der Waals surface area contributed by atoms with Crippen molar-refractivity contribution in [2.75, 3.05) is 0 Å². The third kappa shape index (κ3) is 2.08. The van der Waals surface area contributed by atoms with Crippen molar-refractivity contribution < 1.29 is 0 Å². The van der Waals surface area contributed by atoms with E-state index < -0.39 is 0 Å². The highest BCUT2D eigenvalue weighted by molar-refractivity contribution is 7.15. The minimum absolute atomic E-state index is 0.150. The van der Waals surface area contributed by atoms with Crippen molar-refractivity contribution in [3.63, 3.8) is 0 Å². The van der Waals surface area contributed by atoms with Gasteiger partial charge < -0.3 is 5.73 Å². The molecule has 2 heterocycles. The standard InChI is InChI=1S/C12H12ClN3S/c13-7-4-5-10(15-6-7)12-16-9-3-1-2-8(14)11(9)17-12/h4-6,8H,1-3,14H2. The van der Waals surface area contributed by atoms with Crippen LogP contribution in [0.2, 0.25) is 5.02 Å². The van der Waals surface area contributed by atoms with Crippen molar-refractivity contribution in [2.45, 2.75) is 25.3 Å². The number of hydrogen-bond acceptors (Lipinski definition) is 4. The average molecular weight is 266 g/mol. The summed E-state index contributed by atoms with van der Waals surface area (Å²) in [6.45, 7) is 0. The van der Waals surface area contributed by atoms with Gasteiger partial charge in [0.1, 0.15) is 5.01 Å². The van der Waals surface area contributed by atoms with E-state index in [-0.39, 0.29) is 6.04 Å². The van der Waals surface area contributed by atoms with E-state index in [2.05, 4.69) is 9.97 Å². The van der Waals surface area contributed by atoms with Gasteiger partial charge in [-0.25, -0.2) is 4.98 Å². The summed E-state index contributed by atoms with van der Waals surface area (Å²) in [6.07, 6.45) is 4.87. The third-order valence-electron chi connectivity index (χ3n) is 2.94. The Morgan fingerprint density at radius 3 is 3.00 bits per heavy atom. The number of rotatable bonds is 1. The molecule has 0 aliphatic heterocycles. The SMILES string of the molecule is NC1CCCc2nc(-c3ccc(Cl)cn3)sc21. The smallest absolute Gasteiger partial charge is 0.142 e. The molecule has 3 nitrogen and oxygen atoms in total. The molecule has 1 atom stereocenters. The number of hydrogen-bond donors (Lipinski definition) is 1. The van der Waals surface area contributed by atoms with E-state index in [1.165, 1.54) is 4.88 Å². The molecule has 88 valence electrons. The number of aryl methyl sites for hydroxylation is 1. The van der Waals surface area contributed by atoms with Crippen LogP contribution in [0.15, 0.2) is 18.3 Å². The summed E-state index contributed by atoms with van der Waals surface area (Å²) in [5.74, 6) is 0. The Morgan fingerprint density at radius 2 is 2.29 bits per heavy atom. The van der Waals surface area contributed by atoms with Gasteiger partial charge in [0.2, 0.25) is 0 Å². The fourth-order valence-corrected chi connectivity index (χ4v) is 3.30. The average Bonchev–Trinajstić information content (AvgIpc) is 2.75. The summed E-state index contributed by atoms with van der Waals surface area (Å²) in [4.78, 5) is 10.2. The first-order chi connectivity index (χ1) is 8.24. The summed E-state index contributed by atoms with van der Waals surface area (Å²) >= 11 is 7.48. The molecule has 0 saturated heterocycles. The van der Waals surface area contributed by atoms with Crippen LogP contribution < -0.4 is 5.73 Å². The number of pyridine rings is 1. The molecule has 0 amide bonds. The van der Waals surface area contributed by atoms with E-state index in [0.29, 0.717) is 5.02 Å². The molecule has 0 radical (unpaired) electrons. The maximum atomic E-state index is 6.09. The highest BCUT2D eigenvalue weighted by atomic mass is 35.5. The number of thiazole rings is 1. The summed E-state index contributed by atoms with van der Waals surface area (Å²) < 4.78 is 0. The quantitative estimate of drug-likeness (QED) is 0.862. The molecule has 0 spiro atoms. The van der Waals surface area contributed by atoms with E-state index in [1.807, 2.05) is 12.1 Å². The second kappa shape index (κ2) is 4.37. The molecule has 3 rings (SSSR count). The van der Waals surface area contributed by atoms with Crippen molar-refractivity contribution in [1.29, 1.82) is 0 Å². The molecule has 0 aromatic carbocycles. The Balaban J connectivity index is 2.02. The molecular formula is C12H12ClN3S. The number of nitrogens with zero attached hydrogens (tertiary/aromatic N) is 2. The largest absolute Gasteiger partial charge is 0.323 e. The highest BCUT2D eigenvalue weighted by Crippen LogP contribution is 2.36. The first-order valence-electron chi connectivity index (χ1n) is 5.61. The fourth-order valence-electron chi connectivity index (χ4n) is 2.06. The summed E-state index contributed by atoms with van der Waals surface area (Å²) in [5.41, 5.74) is 8.12. The minimum atomic E-state index is 0.150. The molecule has 17 heavy (non-hydrogen) atoms. The van der Waals surface area contributed by atoms with Crippen LogP contribution in [0.1, 0.15) is 29.5 Å². The zero-order valence-electron chi connectivity index (χ0n) is 9.19. The van der Waals surface area contributed by atoms with E-state index in [0.717, 1.165) is 35.7 Å². The maximum Gasteiger partial charge on any atom is 0.142 e. The molecular weight excluding hydrogens is 254 g/mol. The van der Waals surface area contributed by atoms with Crippen LogP contribution in [0.5, 0.6) is 0 Å². The normalized spacial score (nSPS) is 19.1. The molecule has 2 N–H and O–H groups in total. The van der Waals surface area contributed by atoms with Crippen molar-refractivity contribution in [3.8, 4) is 10.7 Å². The van der Waals surface area contributed by atoms with Gasteiger partial charge >= 0.3 is 0 Å². The fraction of sp³-hybridized carbons (Fsp3) is 0.333. The Hall–Kier alpha value is -0.970. The maximum absolute atomic E-state index is 6.09. The molecule has 1 unspecified atom stereocenters. The highest BCUT2D eigenvalue weighted by Gasteiger charge is 2.22. The van der Waals surface area contributed by atoms with E-state index in [9.17, 15) is 0 Å². The second-order valence-corrected chi connectivity index (χ2v) is 5.66. The van der Waals surface area contributed by atoms with Gasteiger partial charge in [0.15, 0.2) is 0 Å². The Labute approximate surface area is 109 Å². The van der Waals surface area contributed by atoms with Gasteiger partial charge in [-0.15, -0.1) is 11.3 Å². The van der Waals surface area contributed by atoms with Crippen LogP contribution in [0.4, 0.5) is 0 Å². The summed E-state index contributed by atoms with van der Waals surface area (Å²) in [7, 11) is 0. The van der Waals surface area contributed by atoms with E-state index in [1.54, 1.807) is 17.5 Å². The summed E-state index contributed by atoms with van der Waals surface area (Å²) in [5, 5.41) is 1.59. The van der Waals surface area contributed by atoms with Crippen molar-refractivity contribution in [1.82, 2.24) is 9.97 Å². The van der Waals surface area contributed by atoms with Gasteiger partial charge in [0, 0.05) is 17.1 Å². The van der Waals surface area contributed by atoms with E-state index in [4.69, 9.17) is 17.3 Å². The molecule has 2 aromatic heterocycles. The lowest BCUT2D eigenvalue weighted by atomic mass is 9.99. The first-order valence-corrected chi connectivity index (χ1v) is 6.80. The van der Waals surface area contributed by atoms with Crippen LogP contribution in [0.3, 0.4) is 0 Å². The second-order valence-electron chi connectivity index (χ2n) is 4.19. The third-order valence-corrected chi connectivity index (χ3v) is 4.42. The Morgan fingerprint density at radius 1 is 1.41 bits per heavy atom. The van der Waals surface area contributed by atoms with Crippen LogP contribution >= 0.6 is 22.9 Å². The van der Waals surface area contributed by atoms with Crippen molar-refractivity contribution in [3.05, 3.63) is 33.9 Å². The van der Waals surface area contributed by atoms with Gasteiger partial charge in [0.05, 0.1) is 16.4 Å². The number of aromatic nitrogens is 2. The zero-order chi connectivity index (χ0) is 11.8. The van der Waals surface area contributed by atoms with Gasteiger partial charge in [0.25, 0.3) is 0 Å². The molecule has 5 heteroatoms. The lowest BCUT2D eigenvalue weighted by Gasteiger charge is -2.15. The van der Waals surface area contributed by atoms with Gasteiger partial charge in [-0.2, -0.15) is 0 Å². The topological polar surface area (TPSA) is 51.8 Å².